The topological polar surface area (TPSA) is 322 Å². The van der Waals surface area contributed by atoms with E-state index in [2.05, 4.69) is 54.2 Å². The normalized spacial score (nSPS) is 11.2. The molecule has 0 spiro atoms. The molecular weight excluding hydrogens is 1210 g/mol. The van der Waals surface area contributed by atoms with Crippen molar-refractivity contribution in [2.24, 2.45) is 0 Å². The number of rotatable bonds is 24. The predicted molar refractivity (Wildman–Crippen MR) is 358 cm³/mol. The Morgan fingerprint density at radius 2 is 0.956 bits per heavy atom. The van der Waals surface area contributed by atoms with E-state index >= 15 is 0 Å². The Kier molecular flexibility index (Phi) is 25.5. The first kappa shape index (κ1) is 71.3. The van der Waals surface area contributed by atoms with Crippen LogP contribution in [-0.4, -0.2) is 180 Å². The Labute approximate surface area is 526 Å². The lowest BCUT2D eigenvalue weighted by molar-refractivity contribution is -0.112. The maximum absolute atomic E-state index is 12.8. The number of carbonyl (C=O) groups is 2. The molecule has 4 aromatic carbocycles. The van der Waals surface area contributed by atoms with E-state index in [0.717, 1.165) is 35.2 Å². The molecule has 0 saturated carbocycles. The summed E-state index contributed by atoms with van der Waals surface area (Å²) in [5.41, 5.74) is 7.28. The third-order valence-electron chi connectivity index (χ3n) is 13.2. The highest BCUT2D eigenvalue weighted by Gasteiger charge is 2.23. The van der Waals surface area contributed by atoms with Crippen LogP contribution in [0.2, 0.25) is 0 Å². The fraction of sp³-hybridized carbons (Fsp3) is 0.295. The minimum atomic E-state index is -3.67. The molecule has 26 nitrogen and oxygen atoms in total. The fourth-order valence-electron chi connectivity index (χ4n) is 8.64. The summed E-state index contributed by atoms with van der Waals surface area (Å²) in [4.78, 5) is 50.9. The van der Waals surface area contributed by atoms with Gasteiger partial charge in [-0.1, -0.05) is 49.6 Å². The average molecular weight is 1290 g/mol. The molecular formula is C61H77N15O11S3. The van der Waals surface area contributed by atoms with Gasteiger partial charge in [0.2, 0.25) is 43.8 Å². The third-order valence-corrected chi connectivity index (χ3v) is 16.4. The zero-order valence-corrected chi connectivity index (χ0v) is 54.8. The quantitative estimate of drug-likeness (QED) is 0.0280. The molecule has 4 heterocycles. The molecule has 0 saturated heterocycles. The van der Waals surface area contributed by atoms with E-state index in [-0.39, 0.29) is 35.2 Å². The summed E-state index contributed by atoms with van der Waals surface area (Å²) < 4.78 is 91.0. The molecule has 480 valence electrons. The van der Waals surface area contributed by atoms with Gasteiger partial charge < -0.3 is 50.3 Å². The minimum Gasteiger partial charge on any atom is -0.494 e. The number of aromatic nitrogens is 6. The molecule has 0 bridgehead atoms. The highest BCUT2D eigenvalue weighted by atomic mass is 32.2. The molecule has 2 amide bonds. The van der Waals surface area contributed by atoms with E-state index in [4.69, 9.17) is 29.3 Å². The largest absolute Gasteiger partial charge is 0.494 e. The number of nitrogens with zero attached hydrogens (tertiary/aromatic N) is 11. The van der Waals surface area contributed by atoms with Gasteiger partial charge in [0.15, 0.2) is 0 Å². The minimum absolute atomic E-state index is 0.0352. The van der Waals surface area contributed by atoms with Gasteiger partial charge in [0.25, 0.3) is 10.1 Å². The fourth-order valence-corrected chi connectivity index (χ4v) is 10.6. The Morgan fingerprint density at radius 1 is 0.611 bits per heavy atom. The lowest BCUT2D eigenvalue weighted by Gasteiger charge is -2.26. The Morgan fingerprint density at radius 3 is 1.27 bits per heavy atom. The number of nitriles is 1. The first-order valence-corrected chi connectivity index (χ1v) is 32.8. The van der Waals surface area contributed by atoms with Crippen LogP contribution < -0.4 is 40.5 Å². The second kappa shape index (κ2) is 32.2. The van der Waals surface area contributed by atoms with Crippen LogP contribution in [0.15, 0.2) is 135 Å². The number of benzene rings is 4. The van der Waals surface area contributed by atoms with Crippen LogP contribution in [0.3, 0.4) is 0 Å². The number of carbonyl (C=O) groups excluding carboxylic acids is 2. The lowest BCUT2D eigenvalue weighted by Crippen LogP contribution is -2.29. The molecule has 0 fully saturated rings. The van der Waals surface area contributed by atoms with Crippen LogP contribution in [0, 0.1) is 11.3 Å². The van der Waals surface area contributed by atoms with Crippen molar-refractivity contribution in [2.75, 3.05) is 132 Å². The van der Waals surface area contributed by atoms with Crippen LogP contribution in [0.5, 0.6) is 11.5 Å². The van der Waals surface area contributed by atoms with E-state index < -0.39 is 30.2 Å². The zero-order valence-electron chi connectivity index (χ0n) is 52.4. The van der Waals surface area contributed by atoms with Crippen LogP contribution in [0.25, 0.3) is 44.3 Å². The van der Waals surface area contributed by atoms with Gasteiger partial charge in [-0.2, -0.15) is 13.7 Å². The third kappa shape index (κ3) is 19.3. The number of para-hydroxylation sites is 2. The van der Waals surface area contributed by atoms with Crippen LogP contribution >= 0.6 is 0 Å². The van der Waals surface area contributed by atoms with Crippen LogP contribution in [0.1, 0.15) is 20.8 Å². The number of ether oxygens (including phenoxy) is 2. The molecule has 0 aliphatic heterocycles. The molecule has 8 rings (SSSR count). The number of hydrogen-bond acceptors (Lipinski definition) is 21. The Hall–Kier alpha value is -9.44. The molecule has 90 heavy (non-hydrogen) atoms. The number of likely N-dealkylation sites (N-methyl/N-ethyl adjacent to an activating group) is 4. The monoisotopic (exact) mass is 1290 g/mol. The summed E-state index contributed by atoms with van der Waals surface area (Å²) >= 11 is 0. The molecule has 8 aromatic rings. The Balaban J connectivity index is 0.000000292. The van der Waals surface area contributed by atoms with E-state index in [1.165, 1.54) is 27.0 Å². The van der Waals surface area contributed by atoms with Gasteiger partial charge in [0.1, 0.15) is 11.5 Å². The van der Waals surface area contributed by atoms with Gasteiger partial charge in [0.05, 0.1) is 94.6 Å². The van der Waals surface area contributed by atoms with Crippen molar-refractivity contribution in [1.29, 1.82) is 5.26 Å². The van der Waals surface area contributed by atoms with Crippen molar-refractivity contribution in [1.82, 2.24) is 37.7 Å². The number of anilines is 8. The molecule has 0 atom stereocenters. The highest BCUT2D eigenvalue weighted by molar-refractivity contribution is 7.90. The van der Waals surface area contributed by atoms with Crippen LogP contribution in [-0.2, 0) is 39.8 Å². The smallest absolute Gasteiger partial charge is 0.261 e. The van der Waals surface area contributed by atoms with Gasteiger partial charge in [-0.3, -0.25) is 14.1 Å². The molecule has 29 heteroatoms. The summed E-state index contributed by atoms with van der Waals surface area (Å²) in [5, 5.41) is 21.0. The molecule has 0 unspecified atom stereocenters. The van der Waals surface area contributed by atoms with Crippen LogP contribution in [0.4, 0.5) is 46.0 Å². The first-order valence-electron chi connectivity index (χ1n) is 27.7. The summed E-state index contributed by atoms with van der Waals surface area (Å²) in [7, 11) is 4.28. The van der Waals surface area contributed by atoms with Crippen molar-refractivity contribution in [3.8, 4) is 40.1 Å². The summed E-state index contributed by atoms with van der Waals surface area (Å²) in [5.74, 6) is 0.816. The second-order valence-electron chi connectivity index (χ2n) is 20.2. The highest BCUT2D eigenvalue weighted by Crippen LogP contribution is 2.41. The van der Waals surface area contributed by atoms with E-state index in [1.807, 2.05) is 88.5 Å². The van der Waals surface area contributed by atoms with Gasteiger partial charge in [-0.25, -0.2) is 44.7 Å². The summed E-state index contributed by atoms with van der Waals surface area (Å²) in [6, 6.07) is 27.0. The molecule has 0 aliphatic rings. The summed E-state index contributed by atoms with van der Waals surface area (Å²) in [6.07, 6.45) is 9.52. The van der Waals surface area contributed by atoms with Crippen molar-refractivity contribution in [3.05, 3.63) is 135 Å². The second-order valence-corrected chi connectivity index (χ2v) is 26.0. The van der Waals surface area contributed by atoms with Gasteiger partial charge in [-0.05, 0) is 90.6 Å². The van der Waals surface area contributed by atoms with E-state index in [1.54, 1.807) is 107 Å². The number of nitrogens with one attached hydrogen (secondary N) is 4. The van der Waals surface area contributed by atoms with E-state index in [0.29, 0.717) is 87.1 Å². The van der Waals surface area contributed by atoms with Crippen molar-refractivity contribution in [2.45, 2.75) is 20.8 Å². The maximum Gasteiger partial charge on any atom is 0.261 e. The number of amides is 2. The average Bonchev–Trinajstić information content (AvgIpc) is 1.62. The lowest BCUT2D eigenvalue weighted by atomic mass is 10.1. The first-order chi connectivity index (χ1) is 42.6. The zero-order chi connectivity index (χ0) is 66.7. The van der Waals surface area contributed by atoms with Crippen molar-refractivity contribution >= 4 is 110 Å². The Bertz CT molecular complexity index is 3990. The SMILES string of the molecule is C=CC(=O)Nc1cc(Nc2nccc(-c3cn(S(=O)(=O)CC)c4ccccc34)n2)c(OC)cc1N(C)CCN(C)C.C=CC(=O)Nc1cc(Nc2nccc(-c3cn(S(=O)(=O)CC)c4ccccc34)n2)c(OC)cc1N(C)CCN(C)C.CC#N.CS(=O)(=O)O. The number of hydrogen-bond donors (Lipinski definition) is 5. The van der Waals surface area contributed by atoms with E-state index in [9.17, 15) is 34.8 Å². The van der Waals surface area contributed by atoms with Crippen molar-refractivity contribution in [3.63, 3.8) is 0 Å². The maximum atomic E-state index is 12.8. The molecule has 0 aliphatic carbocycles. The predicted octanol–water partition coefficient (Wildman–Crippen LogP) is 8.38. The van der Waals surface area contributed by atoms with Crippen molar-refractivity contribution < 1.29 is 48.9 Å². The molecule has 4 aromatic heterocycles. The molecule has 0 radical (unpaired) electrons. The number of methoxy groups -OCH3 is 2. The van der Waals surface area contributed by atoms with Gasteiger partial charge in [-0.15, -0.1) is 0 Å². The van der Waals surface area contributed by atoms with Gasteiger partial charge >= 0.3 is 0 Å². The van der Waals surface area contributed by atoms with Gasteiger partial charge in [0, 0.05) is 106 Å². The summed E-state index contributed by atoms with van der Waals surface area (Å²) in [6.45, 7) is 14.8. The molecule has 5 N–H and O–H groups in total. The standard InChI is InChI=1S/2C29H35N7O4S.C2H3N.CH4O3S/c2*1-7-28(37)31-23-17-24(27(40-6)18-26(23)35(5)16-15-34(3)4)33-29-30-14-13-22(32-29)21-19-36(41(38,39)8-2)25-12-10-9-11-20(21)25;1-2-3;1-5(2,3)4/h2*7,9-14,17-19H,1,8,15-16H2,2-6H3,(H,31,37)(H,30,32,33);1H3;1H3,(H,2,3,4). The number of fused-ring (bicyclic) bond motifs is 2.